The minimum Gasteiger partial charge on any atom is -0.298 e. The van der Waals surface area contributed by atoms with Crippen LogP contribution < -0.4 is 0 Å². The summed E-state index contributed by atoms with van der Waals surface area (Å²) in [4.78, 5) is 10.3. The largest absolute Gasteiger partial charge is 0.416 e. The average Bonchev–Trinajstić information content (AvgIpc) is 2.17. The molecule has 1 rings (SSSR count). The fourth-order valence-electron chi connectivity index (χ4n) is 1.10. The molecule has 1 aromatic rings. The minimum absolute atomic E-state index is 0.370. The monoisotopic (exact) mass is 214 g/mol. The second-order valence-corrected chi connectivity index (χ2v) is 3.13. The molecule has 1 aromatic carbocycles. The van der Waals surface area contributed by atoms with Crippen LogP contribution in [-0.2, 0) is 11.0 Å². The first-order valence-electron chi connectivity index (χ1n) is 4.24. The van der Waals surface area contributed by atoms with Crippen LogP contribution in [0.1, 0.15) is 18.1 Å². The zero-order chi connectivity index (χ0) is 11.5. The molecule has 0 bridgehead atoms. The highest BCUT2D eigenvalue weighted by atomic mass is 19.4. The highest BCUT2D eigenvalue weighted by Crippen LogP contribution is 2.29. The van der Waals surface area contributed by atoms with E-state index in [1.54, 1.807) is 0 Å². The van der Waals surface area contributed by atoms with Crippen molar-refractivity contribution in [3.05, 3.63) is 41.0 Å². The number of halogens is 3. The second kappa shape index (κ2) is 4.29. The predicted molar refractivity (Wildman–Crippen MR) is 51.2 cm³/mol. The van der Waals surface area contributed by atoms with E-state index in [-0.39, 0.29) is 0 Å². The maximum absolute atomic E-state index is 12.3. The van der Waals surface area contributed by atoms with E-state index in [1.165, 1.54) is 25.1 Å². The van der Waals surface area contributed by atoms with Gasteiger partial charge in [0.15, 0.2) is 0 Å². The molecule has 0 fully saturated rings. The first-order chi connectivity index (χ1) is 6.93. The summed E-state index contributed by atoms with van der Waals surface area (Å²) in [5.41, 5.74) is 0.0405. The van der Waals surface area contributed by atoms with Crippen molar-refractivity contribution >= 4 is 12.4 Å². The van der Waals surface area contributed by atoms with E-state index in [1.807, 2.05) is 0 Å². The van der Waals surface area contributed by atoms with Gasteiger partial charge in [-0.05, 0) is 36.3 Å². The number of alkyl halides is 3. The summed E-state index contributed by atoms with van der Waals surface area (Å²) in [7, 11) is 0. The normalized spacial score (nSPS) is 12.7. The third kappa shape index (κ3) is 3.23. The van der Waals surface area contributed by atoms with Crippen LogP contribution in [0, 0.1) is 0 Å². The Morgan fingerprint density at radius 2 is 2.00 bits per heavy atom. The van der Waals surface area contributed by atoms with Gasteiger partial charge in [0.2, 0.25) is 0 Å². The fourth-order valence-corrected chi connectivity index (χ4v) is 1.10. The van der Waals surface area contributed by atoms with Gasteiger partial charge in [0.1, 0.15) is 6.29 Å². The number of benzene rings is 1. The van der Waals surface area contributed by atoms with Crippen LogP contribution in [-0.4, -0.2) is 6.29 Å². The third-order valence-corrected chi connectivity index (χ3v) is 1.79. The van der Waals surface area contributed by atoms with Crippen LogP contribution in [0.3, 0.4) is 0 Å². The SMILES string of the molecule is C/C(C=O)=C/c1cccc(C(F)(F)F)c1. The quantitative estimate of drug-likeness (QED) is 0.545. The topological polar surface area (TPSA) is 17.1 Å². The molecule has 1 nitrogen and oxygen atoms in total. The molecule has 0 radical (unpaired) electrons. The number of allylic oxidation sites excluding steroid dienone is 1. The van der Waals surface area contributed by atoms with Gasteiger partial charge >= 0.3 is 6.18 Å². The highest BCUT2D eigenvalue weighted by molar-refractivity contribution is 5.80. The molecule has 0 amide bonds. The maximum atomic E-state index is 12.3. The van der Waals surface area contributed by atoms with Crippen molar-refractivity contribution in [1.29, 1.82) is 0 Å². The van der Waals surface area contributed by atoms with Crippen molar-refractivity contribution in [1.82, 2.24) is 0 Å². The standard InChI is InChI=1S/C11H9F3O/c1-8(7-15)5-9-3-2-4-10(6-9)11(12,13)14/h2-7H,1H3/b8-5-. The average molecular weight is 214 g/mol. The van der Waals surface area contributed by atoms with Crippen molar-refractivity contribution < 1.29 is 18.0 Å². The zero-order valence-corrected chi connectivity index (χ0v) is 8.01. The lowest BCUT2D eigenvalue weighted by Crippen LogP contribution is -2.04. The van der Waals surface area contributed by atoms with Gasteiger partial charge in [-0.25, -0.2) is 0 Å². The van der Waals surface area contributed by atoms with Gasteiger partial charge in [-0.3, -0.25) is 4.79 Å². The molecular weight excluding hydrogens is 205 g/mol. The summed E-state index contributed by atoms with van der Waals surface area (Å²) < 4.78 is 36.9. The summed E-state index contributed by atoms with van der Waals surface area (Å²) in [6, 6.07) is 4.83. The van der Waals surface area contributed by atoms with Crippen LogP contribution in [0.5, 0.6) is 0 Å². The Balaban J connectivity index is 3.09. The molecule has 15 heavy (non-hydrogen) atoms. The van der Waals surface area contributed by atoms with Crippen molar-refractivity contribution in [2.45, 2.75) is 13.1 Å². The van der Waals surface area contributed by atoms with E-state index < -0.39 is 11.7 Å². The molecule has 0 N–H and O–H groups in total. The van der Waals surface area contributed by atoms with Crippen LogP contribution in [0.25, 0.3) is 6.08 Å². The Kier molecular flexibility index (Phi) is 3.29. The van der Waals surface area contributed by atoms with E-state index in [4.69, 9.17) is 0 Å². The van der Waals surface area contributed by atoms with E-state index in [0.717, 1.165) is 12.1 Å². The number of carbonyl (C=O) groups excluding carboxylic acids is 1. The summed E-state index contributed by atoms with van der Waals surface area (Å²) in [6.07, 6.45) is -2.35. The van der Waals surface area contributed by atoms with Gasteiger partial charge in [-0.1, -0.05) is 12.1 Å². The molecule has 0 heterocycles. The number of hydrogen-bond acceptors (Lipinski definition) is 1. The summed E-state index contributed by atoms with van der Waals surface area (Å²) in [5.74, 6) is 0. The molecule has 0 atom stereocenters. The Morgan fingerprint density at radius 1 is 1.33 bits per heavy atom. The Bertz CT molecular complexity index is 391. The van der Waals surface area contributed by atoms with E-state index in [0.29, 0.717) is 17.4 Å². The molecular formula is C11H9F3O. The smallest absolute Gasteiger partial charge is 0.298 e. The third-order valence-electron chi connectivity index (χ3n) is 1.79. The molecule has 0 unspecified atom stereocenters. The van der Waals surface area contributed by atoms with Gasteiger partial charge in [-0.2, -0.15) is 13.2 Å². The lowest BCUT2D eigenvalue weighted by molar-refractivity contribution is -0.137. The van der Waals surface area contributed by atoms with E-state index in [9.17, 15) is 18.0 Å². The fraction of sp³-hybridized carbons (Fsp3) is 0.182. The second-order valence-electron chi connectivity index (χ2n) is 3.13. The van der Waals surface area contributed by atoms with E-state index in [2.05, 4.69) is 0 Å². The van der Waals surface area contributed by atoms with Gasteiger partial charge in [-0.15, -0.1) is 0 Å². The molecule has 0 aliphatic heterocycles. The van der Waals surface area contributed by atoms with Crippen LogP contribution in [0.4, 0.5) is 13.2 Å². The van der Waals surface area contributed by atoms with Crippen LogP contribution in [0.15, 0.2) is 29.8 Å². The number of rotatable bonds is 2. The van der Waals surface area contributed by atoms with Crippen LogP contribution in [0.2, 0.25) is 0 Å². The molecule has 0 saturated carbocycles. The number of aldehydes is 1. The first kappa shape index (κ1) is 11.5. The van der Waals surface area contributed by atoms with Crippen molar-refractivity contribution in [3.63, 3.8) is 0 Å². The Hall–Kier alpha value is -1.58. The summed E-state index contributed by atoms with van der Waals surface area (Å²) >= 11 is 0. The highest BCUT2D eigenvalue weighted by Gasteiger charge is 2.30. The zero-order valence-electron chi connectivity index (χ0n) is 8.01. The maximum Gasteiger partial charge on any atom is 0.416 e. The molecule has 0 aliphatic rings. The van der Waals surface area contributed by atoms with Crippen LogP contribution >= 0.6 is 0 Å². The molecule has 4 heteroatoms. The summed E-state index contributed by atoms with van der Waals surface area (Å²) in [5, 5.41) is 0. The summed E-state index contributed by atoms with van der Waals surface area (Å²) in [6.45, 7) is 1.53. The molecule has 80 valence electrons. The van der Waals surface area contributed by atoms with E-state index >= 15 is 0 Å². The first-order valence-corrected chi connectivity index (χ1v) is 4.24. The molecule has 0 spiro atoms. The van der Waals surface area contributed by atoms with Gasteiger partial charge in [0.05, 0.1) is 5.56 Å². The predicted octanol–water partition coefficient (Wildman–Crippen LogP) is 3.31. The molecule has 0 aliphatic carbocycles. The van der Waals surface area contributed by atoms with Crippen molar-refractivity contribution in [2.24, 2.45) is 0 Å². The van der Waals surface area contributed by atoms with Crippen molar-refractivity contribution in [3.8, 4) is 0 Å². The number of carbonyl (C=O) groups is 1. The van der Waals surface area contributed by atoms with Gasteiger partial charge in [0, 0.05) is 0 Å². The number of hydrogen-bond donors (Lipinski definition) is 0. The lowest BCUT2D eigenvalue weighted by atomic mass is 10.1. The van der Waals surface area contributed by atoms with Gasteiger partial charge in [0.25, 0.3) is 0 Å². The Labute approximate surface area is 85.2 Å². The van der Waals surface area contributed by atoms with Gasteiger partial charge < -0.3 is 0 Å². The Morgan fingerprint density at radius 3 is 2.53 bits per heavy atom. The minimum atomic E-state index is -4.35. The molecule has 0 saturated heterocycles. The lowest BCUT2D eigenvalue weighted by Gasteiger charge is -2.06. The molecule has 0 aromatic heterocycles. The van der Waals surface area contributed by atoms with Crippen molar-refractivity contribution in [2.75, 3.05) is 0 Å².